The highest BCUT2D eigenvalue weighted by Gasteiger charge is 2.45. The summed E-state index contributed by atoms with van der Waals surface area (Å²) in [6, 6.07) is 5.43. The van der Waals surface area contributed by atoms with E-state index in [9.17, 15) is 27.6 Å². The van der Waals surface area contributed by atoms with Crippen LogP contribution in [-0.4, -0.2) is 23.5 Å². The molecule has 0 fully saturated rings. The van der Waals surface area contributed by atoms with Crippen LogP contribution >= 0.6 is 0 Å². The van der Waals surface area contributed by atoms with Crippen LogP contribution in [0.2, 0.25) is 0 Å². The summed E-state index contributed by atoms with van der Waals surface area (Å²) in [6.07, 6.45) is -5.32. The van der Waals surface area contributed by atoms with E-state index in [0.717, 1.165) is 0 Å². The van der Waals surface area contributed by atoms with Gasteiger partial charge in [0.05, 0.1) is 0 Å². The molecule has 0 radical (unpaired) electrons. The van der Waals surface area contributed by atoms with E-state index in [2.05, 4.69) is 0 Å². The van der Waals surface area contributed by atoms with Crippen LogP contribution in [0.15, 0.2) is 24.3 Å². The van der Waals surface area contributed by atoms with Crippen LogP contribution < -0.4 is 0 Å². The molecule has 0 aliphatic heterocycles. The molecule has 0 atom stereocenters. The first-order valence-electron chi connectivity index (χ1n) is 4.50. The van der Waals surface area contributed by atoms with Crippen molar-refractivity contribution < 1.29 is 27.6 Å². The minimum atomic E-state index is -5.32. The topological polar surface area (TPSA) is 51.2 Å². The molecule has 0 unspecified atom stereocenters. The predicted molar refractivity (Wildman–Crippen MR) is 51.6 cm³/mol. The summed E-state index contributed by atoms with van der Waals surface area (Å²) in [5.74, 6) is -6.16. The molecule has 0 amide bonds. The van der Waals surface area contributed by atoms with Gasteiger partial charge >= 0.3 is 12.0 Å². The van der Waals surface area contributed by atoms with Gasteiger partial charge in [0, 0.05) is 5.56 Å². The second kappa shape index (κ2) is 4.48. The molecule has 3 nitrogen and oxygen atoms in total. The van der Waals surface area contributed by atoms with Crippen molar-refractivity contribution in [2.24, 2.45) is 0 Å². The van der Waals surface area contributed by atoms with E-state index >= 15 is 0 Å². The Kier molecular flexibility index (Phi) is 3.45. The van der Waals surface area contributed by atoms with Crippen LogP contribution in [0.5, 0.6) is 0 Å². The first-order chi connectivity index (χ1) is 7.73. The van der Waals surface area contributed by atoms with E-state index < -0.39 is 23.5 Å². The third kappa shape index (κ3) is 2.99. The fourth-order valence-electron chi connectivity index (χ4n) is 1.15. The summed E-state index contributed by atoms with van der Waals surface area (Å²) in [7, 11) is 0. The lowest BCUT2D eigenvalue weighted by molar-refractivity contribution is -0.173. The molecule has 1 rings (SSSR count). The average molecular weight is 244 g/mol. The molecule has 0 aliphatic carbocycles. The summed E-state index contributed by atoms with van der Waals surface area (Å²) in [5.41, 5.74) is 0.371. The molecule has 0 heterocycles. The number of hydrogen-bond donors (Lipinski definition) is 0. The minimum Gasteiger partial charge on any atom is -0.285 e. The Labute approximate surface area is 94.2 Å². The third-order valence-corrected chi connectivity index (χ3v) is 1.95. The van der Waals surface area contributed by atoms with Gasteiger partial charge in [-0.2, -0.15) is 13.2 Å². The summed E-state index contributed by atoms with van der Waals surface area (Å²) in [5, 5.41) is 0. The number of benzene rings is 1. The van der Waals surface area contributed by atoms with Crippen molar-refractivity contribution >= 4 is 17.3 Å². The SMILES string of the molecule is Cc1cccc(C(=O)C(=O)C(=O)C(F)(F)F)c1. The molecular weight excluding hydrogens is 237 g/mol. The van der Waals surface area contributed by atoms with Gasteiger partial charge in [0.2, 0.25) is 5.78 Å². The van der Waals surface area contributed by atoms with Gasteiger partial charge in [-0.3, -0.25) is 14.4 Å². The normalized spacial score (nSPS) is 11.1. The molecule has 90 valence electrons. The Balaban J connectivity index is 3.00. The zero-order valence-electron chi connectivity index (χ0n) is 8.67. The molecule has 0 saturated heterocycles. The number of alkyl halides is 3. The molecule has 0 bridgehead atoms. The number of halogens is 3. The smallest absolute Gasteiger partial charge is 0.285 e. The minimum absolute atomic E-state index is 0.229. The molecule has 0 saturated carbocycles. The Hall–Kier alpha value is -1.98. The van der Waals surface area contributed by atoms with Gasteiger partial charge < -0.3 is 0 Å². The van der Waals surface area contributed by atoms with E-state index in [0.29, 0.717) is 5.56 Å². The Morgan fingerprint density at radius 3 is 2.18 bits per heavy atom. The van der Waals surface area contributed by atoms with E-state index in [1.54, 1.807) is 13.0 Å². The first kappa shape index (κ1) is 13.1. The fourth-order valence-corrected chi connectivity index (χ4v) is 1.15. The Bertz CT molecular complexity index is 489. The van der Waals surface area contributed by atoms with Crippen molar-refractivity contribution in [1.29, 1.82) is 0 Å². The predicted octanol–water partition coefficient (Wildman–Crippen LogP) is 1.88. The first-order valence-corrected chi connectivity index (χ1v) is 4.50. The lowest BCUT2D eigenvalue weighted by atomic mass is 10.0. The van der Waals surface area contributed by atoms with Crippen molar-refractivity contribution in [2.75, 3.05) is 0 Å². The zero-order valence-corrected chi connectivity index (χ0v) is 8.67. The highest BCUT2D eigenvalue weighted by Crippen LogP contribution is 2.17. The van der Waals surface area contributed by atoms with Crippen molar-refractivity contribution in [1.82, 2.24) is 0 Å². The molecule has 0 N–H and O–H groups in total. The van der Waals surface area contributed by atoms with Crippen molar-refractivity contribution in [3.05, 3.63) is 35.4 Å². The van der Waals surface area contributed by atoms with E-state index in [4.69, 9.17) is 0 Å². The molecule has 17 heavy (non-hydrogen) atoms. The number of carbonyl (C=O) groups excluding carboxylic acids is 3. The van der Waals surface area contributed by atoms with Crippen LogP contribution in [0.3, 0.4) is 0 Å². The lowest BCUT2D eigenvalue weighted by Crippen LogP contribution is -2.35. The summed E-state index contributed by atoms with van der Waals surface area (Å²) in [6.45, 7) is 1.60. The summed E-state index contributed by atoms with van der Waals surface area (Å²) >= 11 is 0. The number of Topliss-reactive ketones (excluding diaryl/α,β-unsaturated/α-hetero) is 3. The van der Waals surface area contributed by atoms with Gasteiger partial charge in [-0.15, -0.1) is 0 Å². The van der Waals surface area contributed by atoms with Crippen LogP contribution in [0, 0.1) is 6.92 Å². The van der Waals surface area contributed by atoms with Gasteiger partial charge in [-0.25, -0.2) is 0 Å². The monoisotopic (exact) mass is 244 g/mol. The Morgan fingerprint density at radius 1 is 1.12 bits per heavy atom. The number of aryl methyl sites for hydroxylation is 1. The summed E-state index contributed by atoms with van der Waals surface area (Å²) < 4.78 is 35.8. The second-order valence-corrected chi connectivity index (χ2v) is 3.35. The maximum atomic E-state index is 11.9. The van der Waals surface area contributed by atoms with Crippen LogP contribution in [0.1, 0.15) is 15.9 Å². The average Bonchev–Trinajstić information content (AvgIpc) is 2.25. The third-order valence-electron chi connectivity index (χ3n) is 1.95. The van der Waals surface area contributed by atoms with Crippen LogP contribution in [0.4, 0.5) is 13.2 Å². The number of hydrogen-bond acceptors (Lipinski definition) is 3. The lowest BCUT2D eigenvalue weighted by Gasteiger charge is -2.03. The van der Waals surface area contributed by atoms with Gasteiger partial charge in [0.15, 0.2) is 0 Å². The van der Waals surface area contributed by atoms with Crippen LogP contribution in [-0.2, 0) is 9.59 Å². The van der Waals surface area contributed by atoms with Gasteiger partial charge in [-0.05, 0) is 13.0 Å². The maximum absolute atomic E-state index is 11.9. The number of rotatable bonds is 3. The molecule has 0 spiro atoms. The number of ketones is 3. The molecule has 0 aliphatic rings. The van der Waals surface area contributed by atoms with E-state index in [1.807, 2.05) is 0 Å². The van der Waals surface area contributed by atoms with E-state index in [-0.39, 0.29) is 5.56 Å². The van der Waals surface area contributed by atoms with Gasteiger partial charge in [-0.1, -0.05) is 23.8 Å². The summed E-state index contributed by atoms with van der Waals surface area (Å²) in [4.78, 5) is 32.9. The highest BCUT2D eigenvalue weighted by molar-refractivity contribution is 6.67. The molecule has 1 aromatic rings. The number of carbonyl (C=O) groups is 3. The van der Waals surface area contributed by atoms with Crippen molar-refractivity contribution in [2.45, 2.75) is 13.1 Å². The highest BCUT2D eigenvalue weighted by atomic mass is 19.4. The second-order valence-electron chi connectivity index (χ2n) is 3.35. The van der Waals surface area contributed by atoms with E-state index in [1.165, 1.54) is 18.2 Å². The quantitative estimate of drug-likeness (QED) is 0.463. The molecule has 6 heteroatoms. The molecule has 1 aromatic carbocycles. The fraction of sp³-hybridized carbons (Fsp3) is 0.182. The Morgan fingerprint density at radius 2 is 1.71 bits per heavy atom. The largest absolute Gasteiger partial charge is 0.458 e. The molecular formula is C11H7F3O3. The van der Waals surface area contributed by atoms with Gasteiger partial charge in [0.1, 0.15) is 0 Å². The zero-order chi connectivity index (χ0) is 13.2. The molecule has 0 aromatic heterocycles. The van der Waals surface area contributed by atoms with Crippen molar-refractivity contribution in [3.8, 4) is 0 Å². The van der Waals surface area contributed by atoms with Crippen molar-refractivity contribution in [3.63, 3.8) is 0 Å². The maximum Gasteiger partial charge on any atom is 0.458 e. The van der Waals surface area contributed by atoms with Crippen LogP contribution in [0.25, 0.3) is 0 Å². The standard InChI is InChI=1S/C11H7F3O3/c1-6-3-2-4-7(5-6)8(15)9(16)10(17)11(12,13)14/h2-5H,1H3. The van der Waals surface area contributed by atoms with Gasteiger partial charge in [0.25, 0.3) is 5.78 Å².